The Labute approximate surface area is 417 Å². The molecule has 11 rings (SSSR count). The highest BCUT2D eigenvalue weighted by atomic mass is 19.4. The van der Waals surface area contributed by atoms with Crippen molar-refractivity contribution in [2.45, 2.75) is 75.7 Å². The summed E-state index contributed by atoms with van der Waals surface area (Å²) in [5.74, 6) is -1.52. The number of hydrogen-bond donors (Lipinski definition) is 3. The van der Waals surface area contributed by atoms with Crippen LogP contribution in [0.2, 0.25) is 0 Å². The number of nitrogens with zero attached hydrogens (tertiary/aromatic N) is 10. The second-order valence-corrected chi connectivity index (χ2v) is 19.9. The first-order valence-electron chi connectivity index (χ1n) is 25.0. The summed E-state index contributed by atoms with van der Waals surface area (Å²) in [6.45, 7) is 7.54. The van der Waals surface area contributed by atoms with Gasteiger partial charge >= 0.3 is 6.18 Å². The lowest BCUT2D eigenvalue weighted by atomic mass is 9.86. The summed E-state index contributed by atoms with van der Waals surface area (Å²) in [6.07, 6.45) is 3.16. The molecule has 380 valence electrons. The molecule has 0 spiro atoms. The van der Waals surface area contributed by atoms with E-state index in [2.05, 4.69) is 62.7 Å². The van der Waals surface area contributed by atoms with Gasteiger partial charge in [-0.2, -0.15) is 13.2 Å². The fourth-order valence-corrected chi connectivity index (χ4v) is 11.2. The summed E-state index contributed by atoms with van der Waals surface area (Å²) < 4.78 is 41.3. The number of imidazole rings is 1. The molecule has 5 aromatic rings. The Bertz CT molecular complexity index is 2970. The van der Waals surface area contributed by atoms with Gasteiger partial charge in [-0.1, -0.05) is 6.07 Å². The van der Waals surface area contributed by atoms with Gasteiger partial charge in [-0.3, -0.25) is 43.9 Å². The second kappa shape index (κ2) is 19.5. The third kappa shape index (κ3) is 9.66. The van der Waals surface area contributed by atoms with Crippen molar-refractivity contribution < 1.29 is 41.9 Å². The van der Waals surface area contributed by atoms with Gasteiger partial charge in [0, 0.05) is 100 Å². The lowest BCUT2D eigenvalue weighted by Gasteiger charge is -2.41. The molecule has 19 nitrogen and oxygen atoms in total. The highest BCUT2D eigenvalue weighted by Crippen LogP contribution is 2.37. The van der Waals surface area contributed by atoms with Crippen LogP contribution in [0, 0.1) is 11.8 Å². The average Bonchev–Trinajstić information content (AvgIpc) is 3.92. The highest BCUT2D eigenvalue weighted by molar-refractivity contribution is 6.23. The van der Waals surface area contributed by atoms with Gasteiger partial charge in [-0.05, 0) is 105 Å². The van der Waals surface area contributed by atoms with Crippen molar-refractivity contribution in [3.05, 3.63) is 95.8 Å². The predicted molar refractivity (Wildman–Crippen MR) is 260 cm³/mol. The number of imide groups is 2. The van der Waals surface area contributed by atoms with E-state index in [0.29, 0.717) is 61.7 Å². The molecule has 5 aliphatic heterocycles. The minimum atomic E-state index is -4.64. The molecule has 1 atom stereocenters. The molecular formula is C51H54F3N13O6. The van der Waals surface area contributed by atoms with Crippen molar-refractivity contribution >= 4 is 69.5 Å². The van der Waals surface area contributed by atoms with Crippen LogP contribution in [0.25, 0.3) is 11.2 Å². The number of fused-ring (bicyclic) bond motifs is 2. The SMILES string of the molecule is O=C1CC[C@H](N2C(=O)c3ccc(N4CCC(C(=O)N5CCC(CN6CCN(c7ccc(Nc8ncnc9c8ncn9C8CC(NC(=O)c9cccc(C(F)(F)F)n9)C8)cc7)CC6)CC5)CC4)cc3C2=O)C(=O)N1. The zero-order chi connectivity index (χ0) is 50.5. The number of likely N-dealkylation sites (tertiary alicyclic amines) is 1. The second-order valence-electron chi connectivity index (χ2n) is 19.9. The van der Waals surface area contributed by atoms with E-state index in [1.54, 1.807) is 18.5 Å². The molecule has 1 aliphatic carbocycles. The summed E-state index contributed by atoms with van der Waals surface area (Å²) in [7, 11) is 0. The van der Waals surface area contributed by atoms with Crippen LogP contribution in [0.3, 0.4) is 0 Å². The van der Waals surface area contributed by atoms with Crippen LogP contribution in [0.5, 0.6) is 0 Å². The number of halogens is 3. The monoisotopic (exact) mass is 1000 g/mol. The number of amides is 6. The van der Waals surface area contributed by atoms with Gasteiger partial charge in [0.2, 0.25) is 17.7 Å². The summed E-state index contributed by atoms with van der Waals surface area (Å²) in [4.78, 5) is 104. The van der Waals surface area contributed by atoms with Crippen LogP contribution >= 0.6 is 0 Å². The Kier molecular flexibility index (Phi) is 12.8. The Morgan fingerprint density at radius 3 is 2.19 bits per heavy atom. The molecule has 0 radical (unpaired) electrons. The first-order valence-corrected chi connectivity index (χ1v) is 25.0. The van der Waals surface area contributed by atoms with Gasteiger partial charge in [0.05, 0.1) is 17.5 Å². The molecule has 0 unspecified atom stereocenters. The number of rotatable bonds is 11. The molecular weight excluding hydrogens is 948 g/mol. The maximum atomic E-state index is 13.7. The number of piperidine rings is 3. The van der Waals surface area contributed by atoms with Crippen molar-refractivity contribution in [3.8, 4) is 0 Å². The van der Waals surface area contributed by atoms with Crippen molar-refractivity contribution in [2.75, 3.05) is 74.0 Å². The molecule has 0 bridgehead atoms. The standard InChI is InChI=1S/C51H54F3N13O6/c52-51(53,54)41-3-1-2-39(60-41)46(69)59-33-24-36(25-33)66-29-57-43-44(55-28-56-45(43)66)58-32-4-6-34(7-5-32)64-22-20-62(21-23-64)27-30-12-16-65(17-13-30)48(71)31-14-18-63(19-15-31)35-8-9-37-38(26-35)50(73)67(49(37)72)40-10-11-42(68)61-47(40)70/h1-9,26,28-31,33,36,40H,10-25,27H2,(H,59,69)(H,55,56,58)(H,61,68,70)/t33?,36?,40-/m0/s1. The van der Waals surface area contributed by atoms with Gasteiger partial charge < -0.3 is 29.9 Å². The lowest BCUT2D eigenvalue weighted by Crippen LogP contribution is -2.54. The van der Waals surface area contributed by atoms with E-state index in [1.165, 1.54) is 18.5 Å². The number of alkyl halides is 3. The molecule has 5 fully saturated rings. The minimum Gasteiger partial charge on any atom is -0.371 e. The van der Waals surface area contributed by atoms with E-state index >= 15 is 0 Å². The third-order valence-electron chi connectivity index (χ3n) is 15.4. The number of aromatic nitrogens is 5. The van der Waals surface area contributed by atoms with E-state index in [9.17, 15) is 41.9 Å². The van der Waals surface area contributed by atoms with Crippen LogP contribution < -0.4 is 25.8 Å². The molecule has 4 saturated heterocycles. The molecule has 1 saturated carbocycles. The maximum absolute atomic E-state index is 13.7. The molecule has 2 aromatic carbocycles. The van der Waals surface area contributed by atoms with Crippen LogP contribution in [0.1, 0.15) is 94.3 Å². The van der Waals surface area contributed by atoms with E-state index in [0.717, 1.165) is 86.7 Å². The van der Waals surface area contributed by atoms with Crippen LogP contribution in [-0.2, 0) is 20.6 Å². The molecule has 22 heteroatoms. The van der Waals surface area contributed by atoms with Gasteiger partial charge in [0.15, 0.2) is 17.0 Å². The van der Waals surface area contributed by atoms with Crippen LogP contribution in [-0.4, -0.2) is 146 Å². The fraction of sp³-hybridized carbons (Fsp3) is 0.451. The zero-order valence-electron chi connectivity index (χ0n) is 39.9. The highest BCUT2D eigenvalue weighted by Gasteiger charge is 2.45. The van der Waals surface area contributed by atoms with Crippen molar-refractivity contribution in [1.29, 1.82) is 0 Å². The van der Waals surface area contributed by atoms with Gasteiger partial charge in [0.25, 0.3) is 17.7 Å². The van der Waals surface area contributed by atoms with Gasteiger partial charge in [-0.25, -0.2) is 19.9 Å². The van der Waals surface area contributed by atoms with E-state index < -0.39 is 47.4 Å². The number of piperazine rings is 1. The predicted octanol–water partition coefficient (Wildman–Crippen LogP) is 4.80. The number of hydrogen-bond acceptors (Lipinski definition) is 14. The fourth-order valence-electron chi connectivity index (χ4n) is 11.2. The zero-order valence-corrected chi connectivity index (χ0v) is 39.9. The van der Waals surface area contributed by atoms with Gasteiger partial charge in [-0.15, -0.1) is 0 Å². The van der Waals surface area contributed by atoms with Crippen LogP contribution in [0.4, 0.5) is 36.1 Å². The molecule has 3 aromatic heterocycles. The molecule has 6 amide bonds. The quantitative estimate of drug-likeness (QED) is 0.152. The van der Waals surface area contributed by atoms with Crippen molar-refractivity contribution in [1.82, 2.24) is 49.8 Å². The topological polar surface area (TPSA) is 211 Å². The Balaban J connectivity index is 0.601. The number of benzene rings is 2. The van der Waals surface area contributed by atoms with E-state index in [1.807, 2.05) is 27.7 Å². The molecule has 6 aliphatic rings. The summed E-state index contributed by atoms with van der Waals surface area (Å²) >= 11 is 0. The third-order valence-corrected chi connectivity index (χ3v) is 15.4. The average molecular weight is 1000 g/mol. The van der Waals surface area contributed by atoms with E-state index in [4.69, 9.17) is 0 Å². The Hall–Kier alpha value is -7.49. The number of carbonyl (C=O) groups is 6. The summed E-state index contributed by atoms with van der Waals surface area (Å²) in [5.41, 5.74) is 3.12. The lowest BCUT2D eigenvalue weighted by molar-refractivity contribution is -0.141. The van der Waals surface area contributed by atoms with Gasteiger partial charge in [0.1, 0.15) is 23.8 Å². The largest absolute Gasteiger partial charge is 0.433 e. The van der Waals surface area contributed by atoms with Crippen molar-refractivity contribution in [3.63, 3.8) is 0 Å². The summed E-state index contributed by atoms with van der Waals surface area (Å²) in [6, 6.07) is 15.4. The number of nitrogens with one attached hydrogen (secondary N) is 3. The normalized spacial score (nSPS) is 22.4. The van der Waals surface area contributed by atoms with Crippen molar-refractivity contribution in [2.24, 2.45) is 11.8 Å². The number of anilines is 4. The first kappa shape index (κ1) is 47.8. The molecule has 3 N–H and O–H groups in total. The van der Waals surface area contributed by atoms with Crippen LogP contribution in [0.15, 0.2) is 73.3 Å². The Morgan fingerprint density at radius 1 is 0.753 bits per heavy atom. The summed E-state index contributed by atoms with van der Waals surface area (Å²) in [5, 5.41) is 8.40. The Morgan fingerprint density at radius 2 is 1.47 bits per heavy atom. The molecule has 8 heterocycles. The maximum Gasteiger partial charge on any atom is 0.433 e. The minimum absolute atomic E-state index is 0.0121. The van der Waals surface area contributed by atoms with E-state index in [-0.39, 0.29) is 53.6 Å². The smallest absolute Gasteiger partial charge is 0.371 e. The number of pyridine rings is 1. The number of carbonyl (C=O) groups excluding carboxylic acids is 6. The first-order chi connectivity index (χ1) is 35.2. The molecule has 73 heavy (non-hydrogen) atoms.